The van der Waals surface area contributed by atoms with Gasteiger partial charge in [0.25, 0.3) is 11.5 Å². The molecular weight excluding hydrogens is 447 g/mol. The SMILES string of the molecule is CCOC(=O)c1nn(-c2ccc(F)cc2)c(=O)cc1OCC(=O)Nc1ccc(NC(C)=O)cc1. The van der Waals surface area contributed by atoms with Crippen molar-refractivity contribution < 1.29 is 28.2 Å². The summed E-state index contributed by atoms with van der Waals surface area (Å²) in [6.45, 7) is 2.50. The number of anilines is 2. The van der Waals surface area contributed by atoms with Crippen LogP contribution in [0.2, 0.25) is 0 Å². The Morgan fingerprint density at radius 3 is 2.21 bits per heavy atom. The minimum atomic E-state index is -0.859. The lowest BCUT2D eigenvalue weighted by molar-refractivity contribution is -0.118. The van der Waals surface area contributed by atoms with Gasteiger partial charge in [0.1, 0.15) is 5.82 Å². The highest BCUT2D eigenvalue weighted by Crippen LogP contribution is 2.17. The monoisotopic (exact) mass is 468 g/mol. The lowest BCUT2D eigenvalue weighted by Crippen LogP contribution is -2.27. The molecule has 1 heterocycles. The minimum Gasteiger partial charge on any atom is -0.481 e. The summed E-state index contributed by atoms with van der Waals surface area (Å²) in [6.07, 6.45) is 0. The molecule has 0 spiro atoms. The molecule has 3 aromatic rings. The third-order valence-corrected chi connectivity index (χ3v) is 4.28. The molecule has 0 fully saturated rings. The molecule has 0 atom stereocenters. The van der Waals surface area contributed by atoms with Gasteiger partial charge in [-0.05, 0) is 55.5 Å². The number of carbonyl (C=O) groups excluding carboxylic acids is 3. The van der Waals surface area contributed by atoms with Gasteiger partial charge in [0.2, 0.25) is 11.6 Å². The predicted molar refractivity (Wildman–Crippen MR) is 121 cm³/mol. The Morgan fingerprint density at radius 2 is 1.62 bits per heavy atom. The summed E-state index contributed by atoms with van der Waals surface area (Å²) in [5.41, 5.74) is 0.248. The fourth-order valence-corrected chi connectivity index (χ4v) is 2.84. The maximum Gasteiger partial charge on any atom is 0.362 e. The molecule has 0 aliphatic carbocycles. The smallest absolute Gasteiger partial charge is 0.362 e. The molecule has 10 nitrogen and oxygen atoms in total. The fourth-order valence-electron chi connectivity index (χ4n) is 2.84. The quantitative estimate of drug-likeness (QED) is 0.486. The first-order valence-electron chi connectivity index (χ1n) is 10.1. The average molecular weight is 468 g/mol. The van der Waals surface area contributed by atoms with Crippen molar-refractivity contribution in [2.75, 3.05) is 23.8 Å². The van der Waals surface area contributed by atoms with Gasteiger partial charge in [0.05, 0.1) is 18.4 Å². The first-order chi connectivity index (χ1) is 16.3. The van der Waals surface area contributed by atoms with E-state index >= 15 is 0 Å². The minimum absolute atomic E-state index is 0.0462. The van der Waals surface area contributed by atoms with Crippen LogP contribution >= 0.6 is 0 Å². The standard InChI is InChI=1S/C23H21FN4O6/c1-3-33-23(32)22-19(12-21(31)28(27-22)18-10-4-15(24)5-11-18)34-13-20(30)26-17-8-6-16(7-9-17)25-14(2)29/h4-12H,3,13H2,1-2H3,(H,25,29)(H,26,30). The van der Waals surface area contributed by atoms with E-state index in [1.54, 1.807) is 31.2 Å². The number of rotatable bonds is 8. The van der Waals surface area contributed by atoms with Gasteiger partial charge in [-0.1, -0.05) is 0 Å². The van der Waals surface area contributed by atoms with Crippen LogP contribution in [0.1, 0.15) is 24.3 Å². The maximum atomic E-state index is 13.2. The molecule has 0 aliphatic rings. The van der Waals surface area contributed by atoms with Crippen molar-refractivity contribution in [1.82, 2.24) is 9.78 Å². The number of halogens is 1. The molecule has 0 aliphatic heterocycles. The summed E-state index contributed by atoms with van der Waals surface area (Å²) in [7, 11) is 0. The van der Waals surface area contributed by atoms with E-state index in [2.05, 4.69) is 15.7 Å². The largest absolute Gasteiger partial charge is 0.481 e. The second-order valence-electron chi connectivity index (χ2n) is 6.90. The van der Waals surface area contributed by atoms with E-state index in [-0.39, 0.29) is 29.6 Å². The van der Waals surface area contributed by atoms with Gasteiger partial charge in [-0.15, -0.1) is 0 Å². The van der Waals surface area contributed by atoms with E-state index < -0.39 is 29.9 Å². The van der Waals surface area contributed by atoms with Crippen molar-refractivity contribution in [3.8, 4) is 11.4 Å². The van der Waals surface area contributed by atoms with Gasteiger partial charge in [-0.2, -0.15) is 9.78 Å². The molecular formula is C23H21FN4O6. The average Bonchev–Trinajstić information content (AvgIpc) is 2.79. The van der Waals surface area contributed by atoms with Crippen LogP contribution in [0.25, 0.3) is 5.69 Å². The van der Waals surface area contributed by atoms with E-state index in [1.165, 1.54) is 19.1 Å². The zero-order chi connectivity index (χ0) is 24.7. The summed E-state index contributed by atoms with van der Waals surface area (Å²) in [4.78, 5) is 48.3. The Balaban J connectivity index is 1.77. The van der Waals surface area contributed by atoms with Gasteiger partial charge in [0.15, 0.2) is 12.4 Å². The van der Waals surface area contributed by atoms with Crippen molar-refractivity contribution in [3.05, 3.63) is 76.5 Å². The van der Waals surface area contributed by atoms with Crippen LogP contribution in [0, 0.1) is 5.82 Å². The lowest BCUT2D eigenvalue weighted by Gasteiger charge is -2.13. The molecule has 3 rings (SSSR count). The number of hydrogen-bond acceptors (Lipinski definition) is 7. The van der Waals surface area contributed by atoms with Crippen LogP contribution in [0.4, 0.5) is 15.8 Å². The molecule has 2 amide bonds. The van der Waals surface area contributed by atoms with E-state index in [4.69, 9.17) is 9.47 Å². The van der Waals surface area contributed by atoms with Crippen molar-refractivity contribution in [3.63, 3.8) is 0 Å². The zero-order valence-electron chi connectivity index (χ0n) is 18.3. The summed E-state index contributed by atoms with van der Waals surface area (Å²) in [5, 5.41) is 9.20. The van der Waals surface area contributed by atoms with E-state index in [0.717, 1.165) is 22.9 Å². The molecule has 0 saturated carbocycles. The molecule has 0 saturated heterocycles. The maximum absolute atomic E-state index is 13.2. The summed E-state index contributed by atoms with van der Waals surface area (Å²) >= 11 is 0. The van der Waals surface area contributed by atoms with Crippen molar-refractivity contribution in [2.24, 2.45) is 0 Å². The van der Waals surface area contributed by atoms with E-state index in [0.29, 0.717) is 11.4 Å². The molecule has 2 N–H and O–H groups in total. The zero-order valence-corrected chi connectivity index (χ0v) is 18.3. The van der Waals surface area contributed by atoms with E-state index in [1.807, 2.05) is 0 Å². The van der Waals surface area contributed by atoms with Crippen LogP contribution in [0.5, 0.6) is 5.75 Å². The Kier molecular flexibility index (Phi) is 7.70. The topological polar surface area (TPSA) is 129 Å². The second-order valence-corrected chi connectivity index (χ2v) is 6.90. The number of amides is 2. The first kappa shape index (κ1) is 24.1. The third kappa shape index (κ3) is 6.25. The number of carbonyl (C=O) groups is 3. The Bertz CT molecular complexity index is 1260. The number of nitrogens with zero attached hydrogens (tertiary/aromatic N) is 2. The fraction of sp³-hybridized carbons (Fsp3) is 0.174. The predicted octanol–water partition coefficient (Wildman–Crippen LogP) is 2.52. The van der Waals surface area contributed by atoms with Crippen LogP contribution in [-0.2, 0) is 14.3 Å². The molecule has 0 radical (unpaired) electrons. The number of benzene rings is 2. The normalized spacial score (nSPS) is 10.3. The highest BCUT2D eigenvalue weighted by Gasteiger charge is 2.20. The Morgan fingerprint density at radius 1 is 1.00 bits per heavy atom. The Hall–Kier alpha value is -4.54. The van der Waals surface area contributed by atoms with Crippen LogP contribution in [0.15, 0.2) is 59.4 Å². The number of nitrogens with one attached hydrogen (secondary N) is 2. The van der Waals surface area contributed by atoms with Crippen molar-refractivity contribution >= 4 is 29.2 Å². The van der Waals surface area contributed by atoms with Gasteiger partial charge in [-0.3, -0.25) is 14.4 Å². The number of aromatic nitrogens is 2. The van der Waals surface area contributed by atoms with Crippen molar-refractivity contribution in [1.29, 1.82) is 0 Å². The van der Waals surface area contributed by atoms with E-state index in [9.17, 15) is 23.6 Å². The summed E-state index contributed by atoms with van der Waals surface area (Å²) < 4.78 is 24.5. The van der Waals surface area contributed by atoms with Gasteiger partial charge >= 0.3 is 5.97 Å². The second kappa shape index (κ2) is 10.9. The highest BCUT2D eigenvalue weighted by atomic mass is 19.1. The van der Waals surface area contributed by atoms with Gasteiger partial charge in [-0.25, -0.2) is 9.18 Å². The van der Waals surface area contributed by atoms with Crippen molar-refractivity contribution in [2.45, 2.75) is 13.8 Å². The molecule has 2 aromatic carbocycles. The molecule has 34 heavy (non-hydrogen) atoms. The van der Waals surface area contributed by atoms with Crippen LogP contribution < -0.4 is 20.9 Å². The van der Waals surface area contributed by atoms with Gasteiger partial charge in [0, 0.05) is 18.3 Å². The molecule has 176 valence electrons. The number of esters is 1. The number of ether oxygens (including phenoxy) is 2. The molecule has 0 bridgehead atoms. The third-order valence-electron chi connectivity index (χ3n) is 4.28. The number of hydrogen-bond donors (Lipinski definition) is 2. The first-order valence-corrected chi connectivity index (χ1v) is 10.1. The summed E-state index contributed by atoms with van der Waals surface area (Å²) in [5.74, 6) is -2.39. The van der Waals surface area contributed by atoms with Crippen LogP contribution in [0.3, 0.4) is 0 Å². The highest BCUT2D eigenvalue weighted by molar-refractivity contribution is 5.93. The molecule has 0 unspecified atom stereocenters. The molecule has 11 heteroatoms. The summed E-state index contributed by atoms with van der Waals surface area (Å²) in [6, 6.07) is 12.3. The van der Waals surface area contributed by atoms with Crippen LogP contribution in [-0.4, -0.2) is 40.8 Å². The van der Waals surface area contributed by atoms with Gasteiger partial charge < -0.3 is 20.1 Å². The Labute approximate surface area is 193 Å². The molecule has 1 aromatic heterocycles. The lowest BCUT2D eigenvalue weighted by atomic mass is 10.2.